The van der Waals surface area contributed by atoms with E-state index < -0.39 is 24.3 Å². The summed E-state index contributed by atoms with van der Waals surface area (Å²) in [4.78, 5) is 53.7. The molecule has 2 amide bonds. The van der Waals surface area contributed by atoms with E-state index in [9.17, 15) is 27.6 Å². The number of esters is 1. The number of hydrogen-bond donors (Lipinski definition) is 3. The standard InChI is InChI=1S/C22H27N5O5S.C2HF3O2/c1-2-31-20(29)17-5-3-4-10-26(17)14-6-8-15(9-7-14)27-13-16(32-22(27)30)11-24-19(28)18-12-25-21(23)33-18;3-2(4,5)1(6)7/h6-9,12,16-17H,2-5,10-11,13H2,1H3,(H2,23,25)(H,24,28);(H,6,7)/t16-,17?;/m0./s1. The number of nitrogens with one attached hydrogen (secondary N) is 1. The van der Waals surface area contributed by atoms with E-state index in [0.717, 1.165) is 42.8 Å². The van der Waals surface area contributed by atoms with Gasteiger partial charge in [-0.3, -0.25) is 9.69 Å². The molecule has 3 heterocycles. The van der Waals surface area contributed by atoms with E-state index in [0.29, 0.717) is 28.8 Å². The molecule has 2 aliphatic rings. The van der Waals surface area contributed by atoms with Gasteiger partial charge in [0.25, 0.3) is 5.91 Å². The van der Waals surface area contributed by atoms with Crippen LogP contribution in [0.4, 0.5) is 34.5 Å². The number of anilines is 3. The highest BCUT2D eigenvalue weighted by molar-refractivity contribution is 7.17. The number of carbonyl (C=O) groups is 4. The van der Waals surface area contributed by atoms with E-state index >= 15 is 0 Å². The lowest BCUT2D eigenvalue weighted by Crippen LogP contribution is -2.45. The summed E-state index contributed by atoms with van der Waals surface area (Å²) < 4.78 is 42.4. The van der Waals surface area contributed by atoms with Crippen LogP contribution in [0.1, 0.15) is 35.9 Å². The minimum atomic E-state index is -5.08. The number of aromatic nitrogens is 1. The van der Waals surface area contributed by atoms with Crippen molar-refractivity contribution in [2.45, 2.75) is 44.5 Å². The maximum Gasteiger partial charge on any atom is 0.490 e. The highest BCUT2D eigenvalue weighted by Crippen LogP contribution is 2.29. The Balaban J connectivity index is 0.000000559. The van der Waals surface area contributed by atoms with Crippen molar-refractivity contribution in [1.82, 2.24) is 10.3 Å². The lowest BCUT2D eigenvalue weighted by atomic mass is 10.0. The maximum atomic E-state index is 12.4. The van der Waals surface area contributed by atoms with Gasteiger partial charge in [-0.05, 0) is 50.5 Å². The Morgan fingerprint density at radius 2 is 1.88 bits per heavy atom. The first-order valence-corrected chi connectivity index (χ1v) is 13.0. The number of ether oxygens (including phenoxy) is 2. The van der Waals surface area contributed by atoms with Crippen LogP contribution in [0.5, 0.6) is 0 Å². The number of rotatable bonds is 7. The molecule has 1 aromatic heterocycles. The number of thiazole rings is 1. The highest BCUT2D eigenvalue weighted by atomic mass is 32.1. The zero-order valence-electron chi connectivity index (χ0n) is 21.3. The normalized spacial score (nSPS) is 18.9. The van der Waals surface area contributed by atoms with Crippen molar-refractivity contribution in [2.24, 2.45) is 0 Å². The molecule has 218 valence electrons. The van der Waals surface area contributed by atoms with Gasteiger partial charge in [0.1, 0.15) is 17.0 Å². The van der Waals surface area contributed by atoms with Crippen molar-refractivity contribution in [1.29, 1.82) is 0 Å². The lowest BCUT2D eigenvalue weighted by molar-refractivity contribution is -0.192. The van der Waals surface area contributed by atoms with Gasteiger partial charge in [0, 0.05) is 17.9 Å². The van der Waals surface area contributed by atoms with Crippen LogP contribution in [-0.4, -0.2) is 78.6 Å². The van der Waals surface area contributed by atoms with Crippen LogP contribution >= 0.6 is 11.3 Å². The second-order valence-corrected chi connectivity index (χ2v) is 9.73. The van der Waals surface area contributed by atoms with E-state index in [-0.39, 0.29) is 24.5 Å². The van der Waals surface area contributed by atoms with Crippen molar-refractivity contribution in [3.8, 4) is 0 Å². The van der Waals surface area contributed by atoms with Gasteiger partial charge in [-0.25, -0.2) is 19.4 Å². The summed E-state index contributed by atoms with van der Waals surface area (Å²) in [6.07, 6.45) is -1.84. The third-order valence-corrected chi connectivity index (χ3v) is 6.73. The van der Waals surface area contributed by atoms with Crippen LogP contribution in [0.3, 0.4) is 0 Å². The molecule has 4 N–H and O–H groups in total. The number of alkyl halides is 3. The number of nitrogen functional groups attached to an aromatic ring is 1. The molecule has 0 aliphatic carbocycles. The van der Waals surface area contributed by atoms with Gasteiger partial charge in [-0.15, -0.1) is 0 Å². The zero-order valence-corrected chi connectivity index (χ0v) is 22.2. The van der Waals surface area contributed by atoms with Crippen LogP contribution in [0.15, 0.2) is 30.5 Å². The fourth-order valence-electron chi connectivity index (χ4n) is 4.07. The average Bonchev–Trinajstić information content (AvgIpc) is 3.52. The molecular formula is C24H28F3N5O7S. The number of aliphatic carboxylic acids is 1. The highest BCUT2D eigenvalue weighted by Gasteiger charge is 2.38. The Hall–Kier alpha value is -4.08. The summed E-state index contributed by atoms with van der Waals surface area (Å²) in [6.45, 7) is 3.45. The number of cyclic esters (lactones) is 1. The van der Waals surface area contributed by atoms with Gasteiger partial charge in [0.05, 0.1) is 25.9 Å². The summed E-state index contributed by atoms with van der Waals surface area (Å²) in [5.41, 5.74) is 7.16. The van der Waals surface area contributed by atoms with E-state index in [1.165, 1.54) is 11.1 Å². The Bertz CT molecular complexity index is 1210. The Morgan fingerprint density at radius 1 is 1.23 bits per heavy atom. The molecule has 0 radical (unpaired) electrons. The van der Waals surface area contributed by atoms with Crippen molar-refractivity contribution in [2.75, 3.05) is 41.8 Å². The molecule has 2 atom stereocenters. The number of halogens is 3. The first-order chi connectivity index (χ1) is 18.9. The molecule has 2 saturated heterocycles. The number of amides is 2. The van der Waals surface area contributed by atoms with Gasteiger partial charge in [-0.1, -0.05) is 11.3 Å². The maximum absolute atomic E-state index is 12.4. The minimum Gasteiger partial charge on any atom is -0.475 e. The van der Waals surface area contributed by atoms with E-state index in [2.05, 4.69) is 15.2 Å². The van der Waals surface area contributed by atoms with Gasteiger partial charge in [-0.2, -0.15) is 13.2 Å². The summed E-state index contributed by atoms with van der Waals surface area (Å²) in [7, 11) is 0. The van der Waals surface area contributed by atoms with Gasteiger partial charge >= 0.3 is 24.2 Å². The number of carboxylic acid groups (broad SMARTS) is 1. The third kappa shape index (κ3) is 7.97. The average molecular weight is 588 g/mol. The van der Waals surface area contributed by atoms with E-state index in [1.807, 2.05) is 31.2 Å². The van der Waals surface area contributed by atoms with Crippen LogP contribution in [0.25, 0.3) is 0 Å². The second kappa shape index (κ2) is 13.3. The van der Waals surface area contributed by atoms with Crippen molar-refractivity contribution in [3.63, 3.8) is 0 Å². The largest absolute Gasteiger partial charge is 0.490 e. The van der Waals surface area contributed by atoms with Crippen molar-refractivity contribution >= 4 is 51.8 Å². The molecule has 2 aliphatic heterocycles. The number of piperidine rings is 1. The Kier molecular flexibility index (Phi) is 10.1. The smallest absolute Gasteiger partial charge is 0.475 e. The fraction of sp³-hybridized carbons (Fsp3) is 0.458. The Labute approximate surface area is 230 Å². The van der Waals surface area contributed by atoms with Crippen LogP contribution in [0, 0.1) is 0 Å². The van der Waals surface area contributed by atoms with Crippen LogP contribution in [-0.2, 0) is 19.1 Å². The Morgan fingerprint density at radius 3 is 2.45 bits per heavy atom. The predicted octanol–water partition coefficient (Wildman–Crippen LogP) is 3.04. The molecule has 1 unspecified atom stereocenters. The first kappa shape index (κ1) is 30.5. The van der Waals surface area contributed by atoms with E-state index in [1.54, 1.807) is 0 Å². The second-order valence-electron chi connectivity index (χ2n) is 8.67. The lowest BCUT2D eigenvalue weighted by Gasteiger charge is -2.36. The fourth-order valence-corrected chi connectivity index (χ4v) is 4.67. The number of hydrogen-bond acceptors (Lipinski definition) is 10. The third-order valence-electron chi connectivity index (χ3n) is 5.91. The minimum absolute atomic E-state index is 0.186. The number of nitrogens with two attached hydrogens (primary N) is 1. The summed E-state index contributed by atoms with van der Waals surface area (Å²) in [5, 5.41) is 10.2. The zero-order chi connectivity index (χ0) is 29.4. The molecule has 0 saturated carbocycles. The SMILES string of the molecule is CCOC(=O)C1CCCCN1c1ccc(N2C[C@H](CNC(=O)c3cnc(N)s3)OC2=O)cc1.O=C(O)C(F)(F)F. The van der Waals surface area contributed by atoms with E-state index in [4.69, 9.17) is 25.1 Å². The molecule has 12 nitrogen and oxygen atoms in total. The molecule has 2 fully saturated rings. The molecule has 0 spiro atoms. The number of carboxylic acids is 1. The summed E-state index contributed by atoms with van der Waals surface area (Å²) in [6, 6.07) is 7.21. The van der Waals surface area contributed by atoms with Gasteiger partial charge in [0.2, 0.25) is 0 Å². The van der Waals surface area contributed by atoms with Gasteiger partial charge in [0.15, 0.2) is 5.13 Å². The summed E-state index contributed by atoms with van der Waals surface area (Å²) in [5.74, 6) is -3.26. The first-order valence-electron chi connectivity index (χ1n) is 12.2. The molecule has 16 heteroatoms. The molecule has 4 rings (SSSR count). The van der Waals surface area contributed by atoms with Crippen LogP contribution < -0.4 is 20.9 Å². The topological polar surface area (TPSA) is 164 Å². The molecule has 2 aromatic rings. The van der Waals surface area contributed by atoms with Crippen molar-refractivity contribution in [3.05, 3.63) is 35.3 Å². The van der Waals surface area contributed by atoms with Gasteiger partial charge < -0.3 is 30.5 Å². The number of nitrogens with zero attached hydrogens (tertiary/aromatic N) is 3. The number of benzene rings is 1. The molecular weight excluding hydrogens is 559 g/mol. The number of carbonyl (C=O) groups excluding carboxylic acids is 3. The van der Waals surface area contributed by atoms with Crippen LogP contribution in [0.2, 0.25) is 0 Å². The molecule has 40 heavy (non-hydrogen) atoms. The predicted molar refractivity (Wildman–Crippen MR) is 138 cm³/mol. The quantitative estimate of drug-likeness (QED) is 0.410. The molecule has 0 bridgehead atoms. The molecule has 1 aromatic carbocycles. The monoisotopic (exact) mass is 587 g/mol. The summed E-state index contributed by atoms with van der Waals surface area (Å²) >= 11 is 1.10. The van der Waals surface area contributed by atoms with Crippen molar-refractivity contribution < 1.29 is 46.9 Å².